The SMILES string of the molecule is CNc1nc(OC(C)C)ccc1OC1CC1. The number of ether oxygens (including phenoxy) is 2. The minimum atomic E-state index is 0.132. The van der Waals surface area contributed by atoms with Crippen LogP contribution in [0.2, 0.25) is 0 Å². The molecule has 16 heavy (non-hydrogen) atoms. The molecule has 1 aliphatic carbocycles. The van der Waals surface area contributed by atoms with Gasteiger partial charge in [0.2, 0.25) is 5.88 Å². The van der Waals surface area contributed by atoms with Gasteiger partial charge in [0.15, 0.2) is 11.6 Å². The summed E-state index contributed by atoms with van der Waals surface area (Å²) in [6, 6.07) is 3.76. The van der Waals surface area contributed by atoms with Crippen molar-refractivity contribution < 1.29 is 9.47 Å². The molecule has 0 atom stereocenters. The van der Waals surface area contributed by atoms with Crippen molar-refractivity contribution in [2.45, 2.75) is 38.9 Å². The first-order chi connectivity index (χ1) is 7.69. The van der Waals surface area contributed by atoms with Gasteiger partial charge in [-0.1, -0.05) is 0 Å². The molecule has 1 aromatic rings. The summed E-state index contributed by atoms with van der Waals surface area (Å²) in [4.78, 5) is 4.35. The summed E-state index contributed by atoms with van der Waals surface area (Å²) in [5.74, 6) is 2.17. The molecule has 2 rings (SSSR count). The topological polar surface area (TPSA) is 43.4 Å². The first kappa shape index (κ1) is 11.0. The third-order valence-electron chi connectivity index (χ3n) is 2.24. The normalized spacial score (nSPS) is 15.0. The summed E-state index contributed by atoms with van der Waals surface area (Å²) >= 11 is 0. The van der Waals surface area contributed by atoms with Gasteiger partial charge in [-0.05, 0) is 32.8 Å². The molecule has 1 N–H and O–H groups in total. The number of hydrogen-bond donors (Lipinski definition) is 1. The molecule has 1 fully saturated rings. The number of hydrogen-bond acceptors (Lipinski definition) is 4. The molecule has 1 aromatic heterocycles. The maximum absolute atomic E-state index is 5.73. The van der Waals surface area contributed by atoms with Crippen LogP contribution < -0.4 is 14.8 Å². The van der Waals surface area contributed by atoms with Crippen molar-refractivity contribution in [3.05, 3.63) is 12.1 Å². The Bertz CT molecular complexity index is 362. The zero-order chi connectivity index (χ0) is 11.5. The monoisotopic (exact) mass is 222 g/mol. The molecule has 0 saturated heterocycles. The first-order valence-corrected chi connectivity index (χ1v) is 5.71. The molecule has 0 bridgehead atoms. The Labute approximate surface area is 96.0 Å². The average molecular weight is 222 g/mol. The van der Waals surface area contributed by atoms with Crippen molar-refractivity contribution in [3.8, 4) is 11.6 Å². The lowest BCUT2D eigenvalue weighted by atomic mass is 10.4. The fraction of sp³-hybridized carbons (Fsp3) is 0.583. The average Bonchev–Trinajstić information content (AvgIpc) is 3.03. The van der Waals surface area contributed by atoms with Crippen LogP contribution in [0.3, 0.4) is 0 Å². The summed E-state index contributed by atoms with van der Waals surface area (Å²) < 4.78 is 11.3. The highest BCUT2D eigenvalue weighted by atomic mass is 16.5. The molecule has 1 heterocycles. The van der Waals surface area contributed by atoms with E-state index in [0.29, 0.717) is 12.0 Å². The van der Waals surface area contributed by atoms with Crippen molar-refractivity contribution in [2.24, 2.45) is 0 Å². The van der Waals surface area contributed by atoms with Crippen LogP contribution in [0.5, 0.6) is 11.6 Å². The van der Waals surface area contributed by atoms with Crippen LogP contribution in [0, 0.1) is 0 Å². The number of nitrogens with zero attached hydrogens (tertiary/aromatic N) is 1. The van der Waals surface area contributed by atoms with E-state index in [4.69, 9.17) is 9.47 Å². The van der Waals surface area contributed by atoms with E-state index < -0.39 is 0 Å². The first-order valence-electron chi connectivity index (χ1n) is 5.71. The highest BCUT2D eigenvalue weighted by molar-refractivity contribution is 5.51. The van der Waals surface area contributed by atoms with E-state index in [0.717, 1.165) is 24.4 Å². The van der Waals surface area contributed by atoms with Gasteiger partial charge in [-0.25, -0.2) is 0 Å². The van der Waals surface area contributed by atoms with E-state index in [1.165, 1.54) is 0 Å². The molecule has 0 aliphatic heterocycles. The number of anilines is 1. The number of nitrogens with one attached hydrogen (secondary N) is 1. The third-order valence-corrected chi connectivity index (χ3v) is 2.24. The van der Waals surface area contributed by atoms with Gasteiger partial charge in [-0.15, -0.1) is 0 Å². The summed E-state index contributed by atoms with van der Waals surface area (Å²) in [7, 11) is 1.83. The van der Waals surface area contributed by atoms with E-state index in [2.05, 4.69) is 10.3 Å². The Kier molecular flexibility index (Phi) is 3.17. The maximum Gasteiger partial charge on any atom is 0.215 e. The number of rotatable bonds is 5. The van der Waals surface area contributed by atoms with Gasteiger partial charge in [0.25, 0.3) is 0 Å². The Hall–Kier alpha value is -1.45. The molecule has 1 saturated carbocycles. The summed E-state index contributed by atoms with van der Waals surface area (Å²) in [6.45, 7) is 3.96. The van der Waals surface area contributed by atoms with Crippen molar-refractivity contribution >= 4 is 5.82 Å². The van der Waals surface area contributed by atoms with Crippen molar-refractivity contribution in [3.63, 3.8) is 0 Å². The number of pyridine rings is 1. The number of aromatic nitrogens is 1. The van der Waals surface area contributed by atoms with Crippen LogP contribution in [0.1, 0.15) is 26.7 Å². The Balaban J connectivity index is 2.12. The summed E-state index contributed by atoms with van der Waals surface area (Å²) in [5.41, 5.74) is 0. The van der Waals surface area contributed by atoms with Crippen LogP contribution in [-0.2, 0) is 0 Å². The van der Waals surface area contributed by atoms with Gasteiger partial charge in [0.05, 0.1) is 12.2 Å². The van der Waals surface area contributed by atoms with E-state index in [1.807, 2.05) is 33.0 Å². The Morgan fingerprint density at radius 1 is 1.38 bits per heavy atom. The van der Waals surface area contributed by atoms with Crippen molar-refractivity contribution in [1.82, 2.24) is 4.98 Å². The van der Waals surface area contributed by atoms with Gasteiger partial charge in [-0.3, -0.25) is 0 Å². The molecule has 0 amide bonds. The second-order valence-corrected chi connectivity index (χ2v) is 4.23. The molecular weight excluding hydrogens is 204 g/mol. The molecule has 4 heteroatoms. The van der Waals surface area contributed by atoms with E-state index >= 15 is 0 Å². The smallest absolute Gasteiger partial charge is 0.215 e. The minimum Gasteiger partial charge on any atom is -0.487 e. The Morgan fingerprint density at radius 3 is 2.69 bits per heavy atom. The zero-order valence-corrected chi connectivity index (χ0v) is 9.99. The second kappa shape index (κ2) is 4.60. The molecule has 4 nitrogen and oxygen atoms in total. The van der Waals surface area contributed by atoms with Crippen LogP contribution in [0.4, 0.5) is 5.82 Å². The van der Waals surface area contributed by atoms with Crippen molar-refractivity contribution in [1.29, 1.82) is 0 Å². The Morgan fingerprint density at radius 2 is 2.12 bits per heavy atom. The maximum atomic E-state index is 5.73. The lowest BCUT2D eigenvalue weighted by Gasteiger charge is -2.13. The lowest BCUT2D eigenvalue weighted by molar-refractivity contribution is 0.231. The highest BCUT2D eigenvalue weighted by Gasteiger charge is 2.24. The third kappa shape index (κ3) is 2.78. The van der Waals surface area contributed by atoms with Crippen LogP contribution in [-0.4, -0.2) is 24.2 Å². The van der Waals surface area contributed by atoms with Crippen molar-refractivity contribution in [2.75, 3.05) is 12.4 Å². The van der Waals surface area contributed by atoms with Crippen LogP contribution in [0.25, 0.3) is 0 Å². The molecular formula is C12H18N2O2. The minimum absolute atomic E-state index is 0.132. The quantitative estimate of drug-likeness (QED) is 0.831. The van der Waals surface area contributed by atoms with E-state index in [-0.39, 0.29) is 6.10 Å². The summed E-state index contributed by atoms with van der Waals surface area (Å²) in [6.07, 6.45) is 2.80. The van der Waals surface area contributed by atoms with Gasteiger partial charge < -0.3 is 14.8 Å². The zero-order valence-electron chi connectivity index (χ0n) is 9.99. The lowest BCUT2D eigenvalue weighted by Crippen LogP contribution is -2.08. The van der Waals surface area contributed by atoms with E-state index in [1.54, 1.807) is 0 Å². The molecule has 1 aliphatic rings. The standard InChI is InChI=1S/C12H18N2O2/c1-8(2)15-11-7-6-10(12(13-3)14-11)16-9-4-5-9/h6-9H,4-5H2,1-3H3,(H,13,14). The van der Waals surface area contributed by atoms with Gasteiger partial charge in [0.1, 0.15) is 0 Å². The van der Waals surface area contributed by atoms with Crippen LogP contribution >= 0.6 is 0 Å². The fourth-order valence-electron chi connectivity index (χ4n) is 1.38. The predicted molar refractivity (Wildman–Crippen MR) is 63.2 cm³/mol. The largest absolute Gasteiger partial charge is 0.487 e. The second-order valence-electron chi connectivity index (χ2n) is 4.23. The fourth-order valence-corrected chi connectivity index (χ4v) is 1.38. The van der Waals surface area contributed by atoms with Gasteiger partial charge in [-0.2, -0.15) is 4.98 Å². The summed E-state index contributed by atoms with van der Waals surface area (Å²) in [5, 5.41) is 3.03. The van der Waals surface area contributed by atoms with E-state index in [9.17, 15) is 0 Å². The molecule has 0 aromatic carbocycles. The highest BCUT2D eigenvalue weighted by Crippen LogP contribution is 2.32. The molecule has 0 unspecified atom stereocenters. The molecule has 88 valence electrons. The van der Waals surface area contributed by atoms with Crippen LogP contribution in [0.15, 0.2) is 12.1 Å². The molecule has 0 spiro atoms. The van der Waals surface area contributed by atoms with Gasteiger partial charge in [0, 0.05) is 13.1 Å². The van der Waals surface area contributed by atoms with Gasteiger partial charge >= 0.3 is 0 Å². The predicted octanol–water partition coefficient (Wildman–Crippen LogP) is 2.45. The molecule has 0 radical (unpaired) electrons.